The summed E-state index contributed by atoms with van der Waals surface area (Å²) < 4.78 is 4.71. The van der Waals surface area contributed by atoms with Crippen molar-refractivity contribution in [1.82, 2.24) is 14.5 Å². The first-order valence-electron chi connectivity index (χ1n) is 19.4. The number of rotatable bonds is 6. The highest BCUT2D eigenvalue weighted by Gasteiger charge is 2.22. The van der Waals surface area contributed by atoms with Gasteiger partial charge in [-0.15, -0.1) is 0 Å². The highest BCUT2D eigenvalue weighted by Crippen LogP contribution is 2.39. The number of nitrogens with one attached hydrogen (secondary N) is 1. The van der Waals surface area contributed by atoms with Crippen molar-refractivity contribution in [2.24, 2.45) is 4.99 Å². The van der Waals surface area contributed by atoms with Crippen LogP contribution in [0.3, 0.4) is 0 Å². The van der Waals surface area contributed by atoms with Gasteiger partial charge in [-0.3, -0.25) is 0 Å². The van der Waals surface area contributed by atoms with E-state index < -0.39 is 0 Å². The van der Waals surface area contributed by atoms with Crippen LogP contribution in [0.25, 0.3) is 71.7 Å². The fourth-order valence-electron chi connectivity index (χ4n) is 8.84. The molecule has 2 aliphatic rings. The van der Waals surface area contributed by atoms with Gasteiger partial charge in [-0.2, -0.15) is 0 Å². The molecular formula is C52H38N4. The maximum atomic E-state index is 4.98. The summed E-state index contributed by atoms with van der Waals surface area (Å²) in [6.07, 6.45) is 11.7. The van der Waals surface area contributed by atoms with Gasteiger partial charge in [-0.05, 0) is 94.4 Å². The average molecular weight is 719 g/mol. The lowest BCUT2D eigenvalue weighted by Crippen LogP contribution is -2.26. The molecule has 266 valence electrons. The molecule has 0 saturated heterocycles. The number of hydrogen-bond donors (Lipinski definition) is 1. The Kier molecular flexibility index (Phi) is 7.66. The molecule has 0 fully saturated rings. The highest BCUT2D eigenvalue weighted by atomic mass is 15.3. The van der Waals surface area contributed by atoms with Crippen molar-refractivity contribution in [3.05, 3.63) is 211 Å². The van der Waals surface area contributed by atoms with E-state index in [0.29, 0.717) is 5.92 Å². The topological polar surface area (TPSA) is 34.2 Å². The molecule has 0 amide bonds. The average Bonchev–Trinajstić information content (AvgIpc) is 3.79. The fraction of sp³-hybridized carbons (Fsp3) is 0.0577. The predicted octanol–water partition coefficient (Wildman–Crippen LogP) is 12.9. The molecule has 11 rings (SSSR count). The maximum Gasteiger partial charge on any atom is 0.200 e. The van der Waals surface area contributed by atoms with Crippen molar-refractivity contribution in [3.63, 3.8) is 0 Å². The van der Waals surface area contributed by atoms with Crippen molar-refractivity contribution < 1.29 is 0 Å². The number of para-hydroxylation sites is 3. The van der Waals surface area contributed by atoms with E-state index in [4.69, 9.17) is 4.99 Å². The summed E-state index contributed by atoms with van der Waals surface area (Å²) in [6.45, 7) is 0. The van der Waals surface area contributed by atoms with Crippen molar-refractivity contribution in [2.45, 2.75) is 18.6 Å². The van der Waals surface area contributed by atoms with Crippen LogP contribution >= 0.6 is 0 Å². The molecule has 2 atom stereocenters. The lowest BCUT2D eigenvalue weighted by Gasteiger charge is -2.25. The molecule has 0 saturated carbocycles. The summed E-state index contributed by atoms with van der Waals surface area (Å²) in [7, 11) is 0. The van der Waals surface area contributed by atoms with Crippen LogP contribution in [0.4, 0.5) is 0 Å². The van der Waals surface area contributed by atoms with Crippen LogP contribution in [0.1, 0.15) is 35.3 Å². The van der Waals surface area contributed by atoms with Gasteiger partial charge in [0.15, 0.2) is 0 Å². The number of hydrogen-bond acceptors (Lipinski definition) is 2. The fourth-order valence-corrected chi connectivity index (χ4v) is 8.84. The Bertz CT molecular complexity index is 3070. The third-order valence-electron chi connectivity index (χ3n) is 11.6. The van der Waals surface area contributed by atoms with Crippen LogP contribution in [0.5, 0.6) is 0 Å². The summed E-state index contributed by atoms with van der Waals surface area (Å²) in [4.78, 5) is 4.98. The highest BCUT2D eigenvalue weighted by molar-refractivity contribution is 6.12. The number of benzene rings is 7. The monoisotopic (exact) mass is 718 g/mol. The number of aromatic nitrogens is 2. The van der Waals surface area contributed by atoms with Crippen LogP contribution in [-0.4, -0.2) is 15.3 Å². The minimum atomic E-state index is -0.289. The molecule has 3 heterocycles. The second-order valence-corrected chi connectivity index (χ2v) is 14.8. The van der Waals surface area contributed by atoms with Gasteiger partial charge in [0.05, 0.1) is 22.1 Å². The van der Waals surface area contributed by atoms with Crippen molar-refractivity contribution in [1.29, 1.82) is 0 Å². The Balaban J connectivity index is 0.920. The van der Waals surface area contributed by atoms with Gasteiger partial charge in [-0.1, -0.05) is 140 Å². The van der Waals surface area contributed by atoms with Crippen molar-refractivity contribution >= 4 is 61.1 Å². The van der Waals surface area contributed by atoms with Crippen LogP contribution in [0, 0.1) is 0 Å². The largest absolute Gasteiger partial charge is 0.346 e. The zero-order valence-electron chi connectivity index (χ0n) is 30.8. The lowest BCUT2D eigenvalue weighted by molar-refractivity contribution is 0.510. The van der Waals surface area contributed by atoms with E-state index >= 15 is 0 Å². The molecule has 9 aromatic rings. The molecule has 7 aromatic carbocycles. The van der Waals surface area contributed by atoms with Crippen molar-refractivity contribution in [3.8, 4) is 16.8 Å². The molecule has 0 bridgehead atoms. The zero-order valence-corrected chi connectivity index (χ0v) is 30.8. The maximum absolute atomic E-state index is 4.98. The Morgan fingerprint density at radius 1 is 0.518 bits per heavy atom. The predicted molar refractivity (Wildman–Crippen MR) is 235 cm³/mol. The van der Waals surface area contributed by atoms with Crippen LogP contribution < -0.4 is 5.32 Å². The second kappa shape index (κ2) is 13.3. The molecule has 1 aliphatic carbocycles. The first-order chi connectivity index (χ1) is 27.8. The summed E-state index contributed by atoms with van der Waals surface area (Å²) in [5.74, 6) is 0.353. The minimum Gasteiger partial charge on any atom is -0.346 e. The molecule has 1 N–H and O–H groups in total. The second-order valence-electron chi connectivity index (χ2n) is 14.8. The Hall–Kier alpha value is -7.17. The number of allylic oxidation sites excluding steroid dienone is 5. The van der Waals surface area contributed by atoms with Crippen LogP contribution in [-0.2, 0) is 0 Å². The molecule has 0 spiro atoms. The van der Waals surface area contributed by atoms with E-state index in [2.05, 4.69) is 209 Å². The summed E-state index contributed by atoms with van der Waals surface area (Å²) in [5.41, 5.74) is 14.4. The first kappa shape index (κ1) is 32.3. The Labute approximate surface area is 325 Å². The van der Waals surface area contributed by atoms with E-state index in [1.807, 2.05) is 6.21 Å². The van der Waals surface area contributed by atoms with E-state index in [9.17, 15) is 0 Å². The SMILES string of the molecule is C1=CC(c2ccccc2)=CC(c2ccc(C3=CC=NC(n4c5ccccc5c5cc(-c6ccc7c(c6)c6ccccc6n7-c6ccccc6)ccc54)N3)cc2)C1. The van der Waals surface area contributed by atoms with E-state index in [0.717, 1.165) is 28.7 Å². The quantitative estimate of drug-likeness (QED) is 0.182. The van der Waals surface area contributed by atoms with E-state index in [1.165, 1.54) is 66.1 Å². The third kappa shape index (κ3) is 5.41. The normalized spacial score (nSPS) is 16.7. The van der Waals surface area contributed by atoms with Crippen LogP contribution in [0.15, 0.2) is 199 Å². The number of nitrogens with zero attached hydrogens (tertiary/aromatic N) is 3. The summed E-state index contributed by atoms with van der Waals surface area (Å²) >= 11 is 0. The summed E-state index contributed by atoms with van der Waals surface area (Å²) in [6, 6.07) is 61.5. The minimum absolute atomic E-state index is 0.289. The molecular weight excluding hydrogens is 681 g/mol. The lowest BCUT2D eigenvalue weighted by atomic mass is 9.87. The Morgan fingerprint density at radius 3 is 1.88 bits per heavy atom. The molecule has 2 aromatic heterocycles. The standard InChI is InChI=1S/C52H38N4/c1-3-12-35(13-4-1)38-14-11-15-39(32-38)36-22-24-37(25-23-36)47-30-31-53-52(54-47)56-49-21-10-8-19-44(49)46-34-41(27-29-51(46)56)40-26-28-50-45(33-40)43-18-7-9-20-48(43)55(50)42-16-5-2-6-17-42/h1-14,16-34,39,52,54H,15H2. The smallest absolute Gasteiger partial charge is 0.200 e. The van der Waals surface area contributed by atoms with Crippen molar-refractivity contribution in [2.75, 3.05) is 0 Å². The molecule has 1 aliphatic heterocycles. The van der Waals surface area contributed by atoms with E-state index in [-0.39, 0.29) is 6.29 Å². The third-order valence-corrected chi connectivity index (χ3v) is 11.6. The Morgan fingerprint density at radius 2 is 1.11 bits per heavy atom. The van der Waals surface area contributed by atoms with Gasteiger partial charge in [0.25, 0.3) is 0 Å². The zero-order chi connectivity index (χ0) is 37.0. The number of fused-ring (bicyclic) bond motifs is 6. The van der Waals surface area contributed by atoms with Gasteiger partial charge in [0, 0.05) is 45.1 Å². The van der Waals surface area contributed by atoms with Gasteiger partial charge < -0.3 is 14.5 Å². The van der Waals surface area contributed by atoms with Gasteiger partial charge >= 0.3 is 0 Å². The molecule has 4 heteroatoms. The molecule has 56 heavy (non-hydrogen) atoms. The van der Waals surface area contributed by atoms with E-state index in [1.54, 1.807) is 0 Å². The van der Waals surface area contributed by atoms with Gasteiger partial charge in [-0.25, -0.2) is 4.99 Å². The van der Waals surface area contributed by atoms with Gasteiger partial charge in [0.2, 0.25) is 6.29 Å². The van der Waals surface area contributed by atoms with Crippen LogP contribution in [0.2, 0.25) is 0 Å². The number of aliphatic imine (C=N–C) groups is 1. The molecule has 2 unspecified atom stereocenters. The summed E-state index contributed by atoms with van der Waals surface area (Å²) in [5, 5.41) is 8.72. The van der Waals surface area contributed by atoms with Gasteiger partial charge in [0.1, 0.15) is 0 Å². The molecule has 0 radical (unpaired) electrons. The first-order valence-corrected chi connectivity index (χ1v) is 19.4. The molecule has 4 nitrogen and oxygen atoms in total.